The molecule has 0 spiro atoms. The van der Waals surface area contributed by atoms with E-state index in [9.17, 15) is 14.9 Å². The molecule has 0 bridgehead atoms. The summed E-state index contributed by atoms with van der Waals surface area (Å²) in [5.41, 5.74) is 5.27. The summed E-state index contributed by atoms with van der Waals surface area (Å²) in [4.78, 5) is 25.0. The summed E-state index contributed by atoms with van der Waals surface area (Å²) in [6.07, 6.45) is 0.529. The van der Waals surface area contributed by atoms with Gasteiger partial charge in [-0.25, -0.2) is 9.78 Å². The van der Waals surface area contributed by atoms with E-state index < -0.39 is 11.0 Å². The van der Waals surface area contributed by atoms with E-state index in [2.05, 4.69) is 31.0 Å². The molecule has 1 amide bonds. The van der Waals surface area contributed by atoms with E-state index in [1.165, 1.54) is 24.4 Å². The molecule has 0 saturated heterocycles. The van der Waals surface area contributed by atoms with Crippen molar-refractivity contribution >= 4 is 39.2 Å². The van der Waals surface area contributed by atoms with Crippen LogP contribution in [-0.2, 0) is 0 Å². The third-order valence-corrected chi connectivity index (χ3v) is 2.80. The molecule has 2 aromatic rings. The number of nitrogens with zero attached hydrogens (tertiary/aromatic N) is 2. The molecule has 0 aliphatic carbocycles. The molecule has 8 nitrogen and oxygen atoms in total. The number of rotatable bonds is 4. The highest BCUT2D eigenvalue weighted by atomic mass is 79.9. The van der Waals surface area contributed by atoms with Crippen molar-refractivity contribution in [2.24, 2.45) is 5.73 Å². The van der Waals surface area contributed by atoms with E-state index in [1.807, 2.05) is 0 Å². The van der Waals surface area contributed by atoms with Gasteiger partial charge in [0, 0.05) is 22.4 Å². The summed E-state index contributed by atoms with van der Waals surface area (Å²) in [5.74, 6) is 0.373. The van der Waals surface area contributed by atoms with Gasteiger partial charge >= 0.3 is 11.8 Å². The van der Waals surface area contributed by atoms with Crippen LogP contribution in [0.1, 0.15) is 0 Å². The lowest BCUT2D eigenvalue weighted by molar-refractivity contribution is -0.384. The van der Waals surface area contributed by atoms with E-state index >= 15 is 0 Å². The van der Waals surface area contributed by atoms with Gasteiger partial charge in [-0.3, -0.25) is 10.1 Å². The summed E-state index contributed by atoms with van der Waals surface area (Å²) in [6.45, 7) is 0. The second-order valence-electron chi connectivity index (χ2n) is 3.85. The van der Waals surface area contributed by atoms with Gasteiger partial charge < -0.3 is 15.8 Å². The Morgan fingerprint density at radius 1 is 1.38 bits per heavy atom. The second-order valence-corrected chi connectivity index (χ2v) is 4.76. The zero-order valence-corrected chi connectivity index (χ0v) is 12.0. The number of anilines is 2. The van der Waals surface area contributed by atoms with Crippen molar-refractivity contribution < 1.29 is 14.5 Å². The predicted octanol–water partition coefficient (Wildman–Crippen LogP) is 2.95. The van der Waals surface area contributed by atoms with Gasteiger partial charge in [0.05, 0.1) is 4.92 Å². The molecule has 3 N–H and O–H groups in total. The molecule has 2 rings (SSSR count). The maximum absolute atomic E-state index is 11.0. The molecule has 0 unspecified atom stereocenters. The molecule has 108 valence electrons. The Kier molecular flexibility index (Phi) is 4.33. The van der Waals surface area contributed by atoms with Gasteiger partial charge in [0.25, 0.3) is 0 Å². The number of ether oxygens (including phenoxy) is 1. The zero-order valence-electron chi connectivity index (χ0n) is 10.4. The second kappa shape index (κ2) is 6.18. The van der Waals surface area contributed by atoms with Gasteiger partial charge in [-0.1, -0.05) is 0 Å². The molecular weight excluding hydrogens is 344 g/mol. The number of nitrogens with one attached hydrogen (secondary N) is 1. The normalized spacial score (nSPS) is 9.95. The van der Waals surface area contributed by atoms with Gasteiger partial charge in [-0.2, -0.15) is 0 Å². The molecule has 0 aliphatic heterocycles. The molecule has 0 aliphatic rings. The molecule has 0 atom stereocenters. The topological polar surface area (TPSA) is 120 Å². The van der Waals surface area contributed by atoms with Crippen LogP contribution in [-0.4, -0.2) is 16.0 Å². The van der Waals surface area contributed by atoms with E-state index in [-0.39, 0.29) is 17.3 Å². The summed E-state index contributed by atoms with van der Waals surface area (Å²) in [7, 11) is 0. The van der Waals surface area contributed by atoms with Crippen molar-refractivity contribution in [2.45, 2.75) is 0 Å². The Bertz CT molecular complexity index is 690. The lowest BCUT2D eigenvalue weighted by Crippen LogP contribution is -2.16. The van der Waals surface area contributed by atoms with Crippen molar-refractivity contribution in [1.82, 2.24) is 4.98 Å². The van der Waals surface area contributed by atoms with Crippen LogP contribution in [0.25, 0.3) is 0 Å². The lowest BCUT2D eigenvalue weighted by Gasteiger charge is -2.07. The van der Waals surface area contributed by atoms with Crippen LogP contribution < -0.4 is 15.8 Å². The Morgan fingerprint density at radius 3 is 2.62 bits per heavy atom. The average Bonchev–Trinajstić information content (AvgIpc) is 2.42. The fourth-order valence-electron chi connectivity index (χ4n) is 1.52. The first kappa shape index (κ1) is 14.7. The summed E-state index contributed by atoms with van der Waals surface area (Å²) in [5, 5.41) is 13.8. The Labute approximate surface area is 127 Å². The minimum Gasteiger partial charge on any atom is -0.411 e. The van der Waals surface area contributed by atoms with Gasteiger partial charge in [0.1, 0.15) is 5.75 Å². The van der Waals surface area contributed by atoms with Crippen molar-refractivity contribution in [3.8, 4) is 5.75 Å². The molecular formula is C12H9BrN4O4. The molecule has 0 saturated carbocycles. The molecule has 1 aromatic carbocycles. The fourth-order valence-corrected chi connectivity index (χ4v) is 1.84. The number of benzene rings is 1. The van der Waals surface area contributed by atoms with Gasteiger partial charge in [-0.15, -0.1) is 0 Å². The quantitative estimate of drug-likeness (QED) is 0.644. The number of carbonyl (C=O) groups excluding carboxylic acids is 1. The monoisotopic (exact) mass is 352 g/mol. The number of nitrogens with two attached hydrogens (primary N) is 1. The van der Waals surface area contributed by atoms with Crippen LogP contribution in [0.2, 0.25) is 0 Å². The first-order valence-corrected chi connectivity index (χ1v) is 6.39. The summed E-state index contributed by atoms with van der Waals surface area (Å²) >= 11 is 3.13. The molecule has 1 aromatic heterocycles. The highest BCUT2D eigenvalue weighted by Gasteiger charge is 2.16. The number of aromatic nitrogens is 1. The van der Waals surface area contributed by atoms with E-state index in [4.69, 9.17) is 5.73 Å². The van der Waals surface area contributed by atoms with Crippen LogP contribution in [0.3, 0.4) is 0 Å². The molecule has 9 heteroatoms. The fraction of sp³-hybridized carbons (Fsp3) is 0. The third-order valence-electron chi connectivity index (χ3n) is 2.37. The van der Waals surface area contributed by atoms with Crippen LogP contribution in [0.4, 0.5) is 22.0 Å². The van der Waals surface area contributed by atoms with Crippen molar-refractivity contribution in [3.63, 3.8) is 0 Å². The number of primary amides is 1. The number of halogens is 1. The van der Waals surface area contributed by atoms with Gasteiger partial charge in [0.15, 0.2) is 0 Å². The van der Waals surface area contributed by atoms with Gasteiger partial charge in [-0.05, 0) is 40.2 Å². The Balaban J connectivity index is 2.22. The number of hydrogen-bond donors (Lipinski definition) is 2. The highest BCUT2D eigenvalue weighted by Crippen LogP contribution is 2.28. The lowest BCUT2D eigenvalue weighted by atomic mass is 10.3. The van der Waals surface area contributed by atoms with E-state index in [0.717, 1.165) is 0 Å². The largest absolute Gasteiger partial charge is 0.411 e. The first-order valence-electron chi connectivity index (χ1n) is 5.60. The maximum Gasteiger partial charge on any atom is 0.409 e. The standard InChI is InChI=1S/C12H9BrN4O4/c13-7-5-10(17(19)20)11(15-6-7)16-8-1-3-9(4-2-8)21-12(14)18/h1-6H,(H2,14,18)(H,15,16). The minimum absolute atomic E-state index is 0.103. The smallest absolute Gasteiger partial charge is 0.409 e. The minimum atomic E-state index is -0.916. The van der Waals surface area contributed by atoms with Crippen LogP contribution in [0, 0.1) is 10.1 Å². The summed E-state index contributed by atoms with van der Waals surface area (Å²) < 4.78 is 5.18. The maximum atomic E-state index is 11.0. The van der Waals surface area contributed by atoms with Crippen LogP contribution in [0.15, 0.2) is 41.0 Å². The predicted molar refractivity (Wildman–Crippen MR) is 78.5 cm³/mol. The van der Waals surface area contributed by atoms with Crippen LogP contribution in [0.5, 0.6) is 5.75 Å². The average molecular weight is 353 g/mol. The third kappa shape index (κ3) is 3.89. The summed E-state index contributed by atoms with van der Waals surface area (Å²) in [6, 6.07) is 7.49. The van der Waals surface area contributed by atoms with Gasteiger partial charge in [0.2, 0.25) is 5.82 Å². The molecule has 21 heavy (non-hydrogen) atoms. The van der Waals surface area contributed by atoms with Crippen molar-refractivity contribution in [3.05, 3.63) is 51.1 Å². The number of pyridine rings is 1. The van der Waals surface area contributed by atoms with E-state index in [1.54, 1.807) is 12.1 Å². The first-order chi connectivity index (χ1) is 9.95. The molecule has 0 radical (unpaired) electrons. The molecule has 0 fully saturated rings. The van der Waals surface area contributed by atoms with E-state index in [0.29, 0.717) is 10.2 Å². The van der Waals surface area contributed by atoms with Crippen molar-refractivity contribution in [1.29, 1.82) is 0 Å². The van der Waals surface area contributed by atoms with Crippen molar-refractivity contribution in [2.75, 3.05) is 5.32 Å². The zero-order chi connectivity index (χ0) is 15.4. The Hall–Kier alpha value is -2.68. The number of hydrogen-bond acceptors (Lipinski definition) is 6. The van der Waals surface area contributed by atoms with Crippen LogP contribution >= 0.6 is 15.9 Å². The molecule has 1 heterocycles. The Morgan fingerprint density at radius 2 is 2.05 bits per heavy atom. The SMILES string of the molecule is NC(=O)Oc1ccc(Nc2ncc(Br)cc2[N+](=O)[O-])cc1. The number of carbonyl (C=O) groups is 1. The highest BCUT2D eigenvalue weighted by molar-refractivity contribution is 9.10. The number of amides is 1. The number of nitro groups is 1.